The van der Waals surface area contributed by atoms with Gasteiger partial charge in [0.1, 0.15) is 5.75 Å². The molecule has 1 fully saturated rings. The van der Waals surface area contributed by atoms with Gasteiger partial charge in [-0.05, 0) is 30.2 Å². The second-order valence-electron chi connectivity index (χ2n) is 6.42. The van der Waals surface area contributed by atoms with E-state index in [4.69, 9.17) is 4.74 Å². The summed E-state index contributed by atoms with van der Waals surface area (Å²) in [6.07, 6.45) is 4.93. The van der Waals surface area contributed by atoms with Crippen molar-refractivity contribution in [2.75, 3.05) is 44.7 Å². The van der Waals surface area contributed by atoms with Crippen molar-refractivity contribution < 1.29 is 14.3 Å². The topological polar surface area (TPSA) is 74.8 Å². The molecule has 0 unspecified atom stereocenters. The average molecular weight is 368 g/mol. The minimum Gasteiger partial charge on any atom is -0.497 e. The summed E-state index contributed by atoms with van der Waals surface area (Å²) < 4.78 is 5.21. The molecule has 2 amide bonds. The maximum absolute atomic E-state index is 12.4. The van der Waals surface area contributed by atoms with Crippen molar-refractivity contribution in [2.24, 2.45) is 0 Å². The monoisotopic (exact) mass is 368 g/mol. The Morgan fingerprint density at radius 2 is 2.04 bits per heavy atom. The maximum atomic E-state index is 12.4. The molecule has 2 aromatic rings. The van der Waals surface area contributed by atoms with Crippen molar-refractivity contribution in [3.8, 4) is 5.75 Å². The molecule has 3 rings (SSSR count). The van der Waals surface area contributed by atoms with Gasteiger partial charge < -0.3 is 19.9 Å². The first-order valence-corrected chi connectivity index (χ1v) is 9.00. The number of rotatable bonds is 7. The summed E-state index contributed by atoms with van der Waals surface area (Å²) in [5, 5.41) is 2.94. The number of hydrogen-bond acceptors (Lipinski definition) is 5. The first-order chi connectivity index (χ1) is 13.2. The summed E-state index contributed by atoms with van der Waals surface area (Å²) in [4.78, 5) is 31.4. The average Bonchev–Trinajstić information content (AvgIpc) is 2.74. The van der Waals surface area contributed by atoms with Crippen LogP contribution in [0.5, 0.6) is 5.75 Å². The summed E-state index contributed by atoms with van der Waals surface area (Å²) >= 11 is 0. The van der Waals surface area contributed by atoms with Crippen LogP contribution in [0, 0.1) is 0 Å². The lowest BCUT2D eigenvalue weighted by Gasteiger charge is -2.34. The van der Waals surface area contributed by atoms with E-state index >= 15 is 0 Å². The third kappa shape index (κ3) is 4.97. The third-order valence-corrected chi connectivity index (χ3v) is 4.65. The number of nitrogens with zero attached hydrogens (tertiary/aromatic N) is 3. The molecule has 0 saturated carbocycles. The van der Waals surface area contributed by atoms with E-state index in [1.807, 2.05) is 30.3 Å². The van der Waals surface area contributed by atoms with Gasteiger partial charge in [0, 0.05) is 38.9 Å². The van der Waals surface area contributed by atoms with Crippen LogP contribution in [-0.2, 0) is 11.2 Å². The number of carbonyl (C=O) groups is 2. The normalized spacial score (nSPS) is 14.0. The number of hydrogen-bond donors (Lipinski definition) is 1. The van der Waals surface area contributed by atoms with Gasteiger partial charge in [-0.25, -0.2) is 0 Å². The van der Waals surface area contributed by atoms with E-state index < -0.39 is 0 Å². The first kappa shape index (κ1) is 18.7. The highest BCUT2D eigenvalue weighted by atomic mass is 16.5. The predicted molar refractivity (Wildman–Crippen MR) is 103 cm³/mol. The molecule has 0 spiro atoms. The Morgan fingerprint density at radius 3 is 2.78 bits per heavy atom. The molecule has 1 aromatic heterocycles. The van der Waals surface area contributed by atoms with E-state index in [0.29, 0.717) is 25.2 Å². The Kier molecular flexibility index (Phi) is 6.25. The molecule has 1 aliphatic rings. The zero-order chi connectivity index (χ0) is 19.1. The number of ether oxygens (including phenoxy) is 1. The van der Waals surface area contributed by atoms with Gasteiger partial charge in [0.2, 0.25) is 6.41 Å². The SMILES string of the molecule is COc1cccc(CCNC(=O)c2cncc(N3CCN(C=O)CC3)c2)c1. The third-order valence-electron chi connectivity index (χ3n) is 4.65. The molecule has 0 radical (unpaired) electrons. The lowest BCUT2D eigenvalue weighted by Crippen LogP contribution is -2.45. The molecule has 142 valence electrons. The van der Waals surface area contributed by atoms with E-state index in [0.717, 1.165) is 42.9 Å². The number of nitrogens with one attached hydrogen (secondary N) is 1. The van der Waals surface area contributed by atoms with Crippen LogP contribution in [-0.4, -0.2) is 62.0 Å². The largest absolute Gasteiger partial charge is 0.497 e. The number of amides is 2. The molecule has 7 heteroatoms. The first-order valence-electron chi connectivity index (χ1n) is 9.00. The van der Waals surface area contributed by atoms with Crippen LogP contribution in [0.25, 0.3) is 0 Å². The maximum Gasteiger partial charge on any atom is 0.252 e. The van der Waals surface area contributed by atoms with Crippen LogP contribution >= 0.6 is 0 Å². The number of carbonyl (C=O) groups excluding carboxylic acids is 2. The van der Waals surface area contributed by atoms with Crippen LogP contribution in [0.2, 0.25) is 0 Å². The van der Waals surface area contributed by atoms with E-state index in [1.165, 1.54) is 0 Å². The molecule has 1 aliphatic heterocycles. The Labute approximate surface area is 158 Å². The molecule has 2 heterocycles. The number of pyridine rings is 1. The highest BCUT2D eigenvalue weighted by molar-refractivity contribution is 5.94. The second-order valence-corrected chi connectivity index (χ2v) is 6.42. The minimum atomic E-state index is -0.140. The molecule has 1 aromatic carbocycles. The summed E-state index contributed by atoms with van der Waals surface area (Å²) in [5.74, 6) is 0.671. The van der Waals surface area contributed by atoms with Gasteiger partial charge in [-0.15, -0.1) is 0 Å². The lowest BCUT2D eigenvalue weighted by molar-refractivity contribution is -0.118. The molecule has 1 saturated heterocycles. The van der Waals surface area contributed by atoms with Gasteiger partial charge in [-0.1, -0.05) is 12.1 Å². The van der Waals surface area contributed by atoms with Crippen molar-refractivity contribution in [1.29, 1.82) is 0 Å². The van der Waals surface area contributed by atoms with E-state index in [1.54, 1.807) is 24.4 Å². The summed E-state index contributed by atoms with van der Waals surface area (Å²) in [6, 6.07) is 9.66. The van der Waals surface area contributed by atoms with Gasteiger partial charge in [0.15, 0.2) is 0 Å². The number of benzene rings is 1. The van der Waals surface area contributed by atoms with Crippen molar-refractivity contribution in [1.82, 2.24) is 15.2 Å². The Bertz CT molecular complexity index is 788. The number of methoxy groups -OCH3 is 1. The van der Waals surface area contributed by atoms with Crippen LogP contribution in [0.3, 0.4) is 0 Å². The smallest absolute Gasteiger partial charge is 0.252 e. The standard InChI is InChI=1S/C20H24N4O3/c1-27-19-4-2-3-16(11-19)5-6-22-20(26)17-12-18(14-21-13-17)24-9-7-23(15-25)8-10-24/h2-4,11-15H,5-10H2,1H3,(H,22,26). The van der Waals surface area contributed by atoms with E-state index in [-0.39, 0.29) is 5.91 Å². The molecule has 1 N–H and O–H groups in total. The van der Waals surface area contributed by atoms with E-state index in [2.05, 4.69) is 15.2 Å². The molecule has 0 atom stereocenters. The summed E-state index contributed by atoms with van der Waals surface area (Å²) in [6.45, 7) is 3.37. The predicted octanol–water partition coefficient (Wildman–Crippen LogP) is 1.34. The lowest BCUT2D eigenvalue weighted by atomic mass is 10.1. The van der Waals surface area contributed by atoms with E-state index in [9.17, 15) is 9.59 Å². The zero-order valence-electron chi connectivity index (χ0n) is 15.4. The van der Waals surface area contributed by atoms with Crippen molar-refractivity contribution in [2.45, 2.75) is 6.42 Å². The van der Waals surface area contributed by atoms with Gasteiger partial charge in [0.05, 0.1) is 24.6 Å². The fourth-order valence-electron chi connectivity index (χ4n) is 3.06. The fourth-order valence-corrected chi connectivity index (χ4v) is 3.06. The van der Waals surface area contributed by atoms with Crippen molar-refractivity contribution in [3.05, 3.63) is 53.9 Å². The quantitative estimate of drug-likeness (QED) is 0.747. The molecular weight excluding hydrogens is 344 g/mol. The minimum absolute atomic E-state index is 0.140. The highest BCUT2D eigenvalue weighted by Crippen LogP contribution is 2.17. The summed E-state index contributed by atoms with van der Waals surface area (Å²) in [5.41, 5.74) is 2.55. The molecule has 27 heavy (non-hydrogen) atoms. The van der Waals surface area contributed by atoms with Crippen LogP contribution in [0.15, 0.2) is 42.7 Å². The number of piperazine rings is 1. The number of anilines is 1. The van der Waals surface area contributed by atoms with Gasteiger partial charge in [-0.2, -0.15) is 0 Å². The Balaban J connectivity index is 1.54. The van der Waals surface area contributed by atoms with Gasteiger partial charge >= 0.3 is 0 Å². The fraction of sp³-hybridized carbons (Fsp3) is 0.350. The van der Waals surface area contributed by atoms with Crippen molar-refractivity contribution in [3.63, 3.8) is 0 Å². The second kappa shape index (κ2) is 9.02. The molecular formula is C20H24N4O3. The molecule has 0 bridgehead atoms. The van der Waals surface area contributed by atoms with Crippen LogP contribution in [0.1, 0.15) is 15.9 Å². The molecule has 0 aliphatic carbocycles. The van der Waals surface area contributed by atoms with Crippen molar-refractivity contribution >= 4 is 18.0 Å². The zero-order valence-corrected chi connectivity index (χ0v) is 15.4. The van der Waals surface area contributed by atoms with Crippen LogP contribution < -0.4 is 15.0 Å². The van der Waals surface area contributed by atoms with Crippen LogP contribution in [0.4, 0.5) is 5.69 Å². The van der Waals surface area contributed by atoms with Gasteiger partial charge in [-0.3, -0.25) is 14.6 Å². The van der Waals surface area contributed by atoms with Gasteiger partial charge in [0.25, 0.3) is 5.91 Å². The Hall–Kier alpha value is -3.09. The summed E-state index contributed by atoms with van der Waals surface area (Å²) in [7, 11) is 1.64. The Morgan fingerprint density at radius 1 is 1.22 bits per heavy atom. The molecule has 7 nitrogen and oxygen atoms in total. The highest BCUT2D eigenvalue weighted by Gasteiger charge is 2.17. The number of aromatic nitrogens is 1.